The fourth-order valence-electron chi connectivity index (χ4n) is 9.66. The highest BCUT2D eigenvalue weighted by Gasteiger charge is 2.68. The van der Waals surface area contributed by atoms with Crippen molar-refractivity contribution in [3.8, 4) is 0 Å². The normalized spacial score (nSPS) is 59.8. The van der Waals surface area contributed by atoms with Crippen LogP contribution in [0, 0.1) is 46.3 Å². The van der Waals surface area contributed by atoms with Gasteiger partial charge in [0.05, 0.1) is 18.8 Å². The van der Waals surface area contributed by atoms with E-state index in [4.69, 9.17) is 9.47 Å². The van der Waals surface area contributed by atoms with Gasteiger partial charge in [0.2, 0.25) is 0 Å². The number of aliphatic hydroxyl groups is 1. The third-order valence-corrected chi connectivity index (χ3v) is 11.3. The molecule has 2 saturated heterocycles. The van der Waals surface area contributed by atoms with Crippen LogP contribution in [0.3, 0.4) is 0 Å². The molecular formula is C27H42O3. The number of hydrogen-bond acceptors (Lipinski definition) is 3. The monoisotopic (exact) mass is 414 g/mol. The Bertz CT molecular complexity index is 736. The van der Waals surface area contributed by atoms with Gasteiger partial charge in [-0.1, -0.05) is 39.3 Å². The molecule has 6 aliphatic rings. The molecule has 0 radical (unpaired) electrons. The predicted octanol–water partition coefficient (Wildman–Crippen LogP) is 5.71. The van der Waals surface area contributed by atoms with Gasteiger partial charge in [0.25, 0.3) is 0 Å². The maximum Gasteiger partial charge on any atom is 0.171 e. The van der Waals surface area contributed by atoms with Crippen molar-refractivity contribution in [3.05, 3.63) is 11.6 Å². The lowest BCUT2D eigenvalue weighted by molar-refractivity contribution is -0.272. The zero-order valence-electron chi connectivity index (χ0n) is 19.5. The van der Waals surface area contributed by atoms with E-state index in [1.54, 1.807) is 5.57 Å². The van der Waals surface area contributed by atoms with Crippen LogP contribution in [0.1, 0.15) is 85.5 Å². The van der Waals surface area contributed by atoms with Crippen LogP contribution in [-0.2, 0) is 9.47 Å². The van der Waals surface area contributed by atoms with Crippen molar-refractivity contribution in [2.45, 2.75) is 103 Å². The van der Waals surface area contributed by atoms with Gasteiger partial charge >= 0.3 is 0 Å². The van der Waals surface area contributed by atoms with E-state index in [9.17, 15) is 5.11 Å². The van der Waals surface area contributed by atoms with E-state index in [1.165, 1.54) is 38.5 Å². The topological polar surface area (TPSA) is 38.7 Å². The lowest BCUT2D eigenvalue weighted by Crippen LogP contribution is -2.52. The molecule has 0 aromatic rings. The minimum Gasteiger partial charge on any atom is -0.393 e. The molecule has 11 atom stereocenters. The zero-order chi connectivity index (χ0) is 20.9. The van der Waals surface area contributed by atoms with Crippen LogP contribution in [0.25, 0.3) is 0 Å². The quantitative estimate of drug-likeness (QED) is 0.516. The fraction of sp³-hybridized carbons (Fsp3) is 0.926. The van der Waals surface area contributed by atoms with Gasteiger partial charge < -0.3 is 14.6 Å². The van der Waals surface area contributed by atoms with Gasteiger partial charge in [-0.2, -0.15) is 0 Å². The van der Waals surface area contributed by atoms with Gasteiger partial charge in [-0.05, 0) is 91.8 Å². The third-order valence-electron chi connectivity index (χ3n) is 11.3. The van der Waals surface area contributed by atoms with E-state index in [1.807, 2.05) is 0 Å². The van der Waals surface area contributed by atoms with Crippen LogP contribution >= 0.6 is 0 Å². The SMILES string of the molecule is C[C@@H]1CC[C@@]2(OC1)OC1CC3C4CC=C5C[C@@H](O)CC[C@]5(C)C4CC[C@]3(C)C1[C@@H]2C. The molecule has 1 spiro atoms. The van der Waals surface area contributed by atoms with Crippen molar-refractivity contribution in [1.29, 1.82) is 0 Å². The summed E-state index contributed by atoms with van der Waals surface area (Å²) < 4.78 is 13.3. The first-order chi connectivity index (χ1) is 14.3. The lowest BCUT2D eigenvalue weighted by Gasteiger charge is -2.58. The third kappa shape index (κ3) is 2.55. The first-order valence-corrected chi connectivity index (χ1v) is 13.0. The van der Waals surface area contributed by atoms with Crippen molar-refractivity contribution >= 4 is 0 Å². The maximum atomic E-state index is 10.3. The standard InChI is InChI=1S/C27H42O3/c1-16-7-12-27(29-15-16)17(2)24-23(30-27)14-22-20-6-5-18-13-19(28)8-10-25(18,3)21(20)9-11-26(22,24)4/h5,16-17,19-24,28H,6-15H2,1-4H3/t16-,17+,19+,20?,21?,22?,23?,24?,25+,26+,27-/m1/s1. The average Bonchev–Trinajstić information content (AvgIpc) is 3.16. The first-order valence-electron chi connectivity index (χ1n) is 13.0. The molecule has 6 rings (SSSR count). The fourth-order valence-corrected chi connectivity index (χ4v) is 9.66. The Balaban J connectivity index is 1.28. The molecule has 5 fully saturated rings. The molecule has 3 heteroatoms. The van der Waals surface area contributed by atoms with E-state index >= 15 is 0 Å². The minimum atomic E-state index is -0.294. The summed E-state index contributed by atoms with van der Waals surface area (Å²) in [6.07, 6.45) is 13.5. The molecule has 5 unspecified atom stereocenters. The van der Waals surface area contributed by atoms with E-state index in [2.05, 4.69) is 33.8 Å². The minimum absolute atomic E-state index is 0.107. The van der Waals surface area contributed by atoms with Crippen molar-refractivity contribution in [2.24, 2.45) is 46.3 Å². The van der Waals surface area contributed by atoms with Crippen LogP contribution in [-0.4, -0.2) is 29.7 Å². The number of fused-ring (bicyclic) bond motifs is 7. The summed E-state index contributed by atoms with van der Waals surface area (Å²) in [4.78, 5) is 0. The highest BCUT2D eigenvalue weighted by Crippen LogP contribution is 2.70. The molecule has 1 N–H and O–H groups in total. The number of hydrogen-bond donors (Lipinski definition) is 1. The summed E-state index contributed by atoms with van der Waals surface area (Å²) in [5, 5.41) is 10.3. The second kappa shape index (κ2) is 6.58. The Morgan fingerprint density at radius 3 is 2.63 bits per heavy atom. The van der Waals surface area contributed by atoms with E-state index in [-0.39, 0.29) is 11.9 Å². The van der Waals surface area contributed by atoms with Gasteiger partial charge in [0.15, 0.2) is 5.79 Å². The predicted molar refractivity (Wildman–Crippen MR) is 118 cm³/mol. The maximum absolute atomic E-state index is 10.3. The highest BCUT2D eigenvalue weighted by molar-refractivity contribution is 5.26. The molecule has 0 aromatic heterocycles. The Morgan fingerprint density at radius 2 is 1.87 bits per heavy atom. The van der Waals surface area contributed by atoms with Crippen LogP contribution < -0.4 is 0 Å². The Labute approximate surface area is 183 Å². The first kappa shape index (κ1) is 20.2. The second-order valence-corrected chi connectivity index (χ2v) is 12.7. The number of rotatable bonds is 0. The van der Waals surface area contributed by atoms with E-state index in [0.29, 0.717) is 34.7 Å². The second-order valence-electron chi connectivity index (χ2n) is 12.7. The van der Waals surface area contributed by atoms with Crippen molar-refractivity contribution in [3.63, 3.8) is 0 Å². The number of ether oxygens (including phenoxy) is 2. The van der Waals surface area contributed by atoms with E-state index in [0.717, 1.165) is 43.6 Å². The molecule has 3 saturated carbocycles. The molecule has 2 heterocycles. The van der Waals surface area contributed by atoms with Gasteiger partial charge in [0.1, 0.15) is 0 Å². The molecule has 2 aliphatic heterocycles. The summed E-state index contributed by atoms with van der Waals surface area (Å²) in [5.41, 5.74) is 2.31. The smallest absolute Gasteiger partial charge is 0.171 e. The van der Waals surface area contributed by atoms with Gasteiger partial charge in [-0.15, -0.1) is 0 Å². The van der Waals surface area contributed by atoms with Crippen LogP contribution in [0.2, 0.25) is 0 Å². The summed E-state index contributed by atoms with van der Waals surface area (Å²) in [7, 11) is 0. The van der Waals surface area contributed by atoms with Crippen LogP contribution in [0.5, 0.6) is 0 Å². The number of aliphatic hydroxyl groups excluding tert-OH is 1. The molecule has 0 amide bonds. The summed E-state index contributed by atoms with van der Waals surface area (Å²) in [6.45, 7) is 10.8. The molecule has 30 heavy (non-hydrogen) atoms. The average molecular weight is 415 g/mol. The van der Waals surface area contributed by atoms with Gasteiger partial charge in [-0.3, -0.25) is 0 Å². The Morgan fingerprint density at radius 1 is 1.03 bits per heavy atom. The van der Waals surface area contributed by atoms with Crippen molar-refractivity contribution in [2.75, 3.05) is 6.61 Å². The molecule has 3 nitrogen and oxygen atoms in total. The van der Waals surface area contributed by atoms with Gasteiger partial charge in [0, 0.05) is 12.3 Å². The lowest BCUT2D eigenvalue weighted by atomic mass is 9.47. The van der Waals surface area contributed by atoms with E-state index < -0.39 is 0 Å². The van der Waals surface area contributed by atoms with Gasteiger partial charge in [-0.25, -0.2) is 0 Å². The Hall–Kier alpha value is -0.380. The van der Waals surface area contributed by atoms with Crippen molar-refractivity contribution < 1.29 is 14.6 Å². The summed E-state index contributed by atoms with van der Waals surface area (Å²) in [5.74, 6) is 3.94. The van der Waals surface area contributed by atoms with Crippen LogP contribution in [0.4, 0.5) is 0 Å². The Kier molecular flexibility index (Phi) is 4.44. The summed E-state index contributed by atoms with van der Waals surface area (Å²) in [6, 6.07) is 0. The highest BCUT2D eigenvalue weighted by atomic mass is 16.7. The number of allylic oxidation sites excluding steroid dienone is 1. The largest absolute Gasteiger partial charge is 0.393 e. The molecule has 168 valence electrons. The molecule has 0 bridgehead atoms. The molecule has 4 aliphatic carbocycles. The molecule has 0 aromatic carbocycles. The summed E-state index contributed by atoms with van der Waals surface area (Å²) >= 11 is 0. The van der Waals surface area contributed by atoms with Crippen molar-refractivity contribution in [1.82, 2.24) is 0 Å². The van der Waals surface area contributed by atoms with Crippen LogP contribution in [0.15, 0.2) is 11.6 Å². The molecular weight excluding hydrogens is 372 g/mol. The zero-order valence-corrected chi connectivity index (χ0v) is 19.5.